The second-order valence-electron chi connectivity index (χ2n) is 4.08. The maximum absolute atomic E-state index is 4.50. The van der Waals surface area contributed by atoms with E-state index in [0.717, 1.165) is 18.5 Å². The lowest BCUT2D eigenvalue weighted by Crippen LogP contribution is -1.94. The first-order chi connectivity index (χ1) is 7.90. The quantitative estimate of drug-likeness (QED) is 0.632. The summed E-state index contributed by atoms with van der Waals surface area (Å²) in [7, 11) is 0. The predicted octanol–water partition coefficient (Wildman–Crippen LogP) is 3.60. The molecule has 2 aromatic heterocycles. The van der Waals surface area contributed by atoms with Gasteiger partial charge in [0.25, 0.3) is 0 Å². The fraction of sp³-hybridized carbons (Fsp3) is 0.214. The summed E-state index contributed by atoms with van der Waals surface area (Å²) < 4.78 is 2.27. The van der Waals surface area contributed by atoms with Gasteiger partial charge in [-0.15, -0.1) is 0 Å². The Morgan fingerprint density at radius 2 is 2.00 bits per heavy atom. The highest BCUT2D eigenvalue weighted by molar-refractivity contribution is 6.04. The Kier molecular flexibility index (Phi) is 2.13. The van der Waals surface area contributed by atoms with Crippen LogP contribution in [-0.2, 0) is 6.54 Å². The van der Waals surface area contributed by atoms with Crippen LogP contribution in [0.15, 0.2) is 42.7 Å². The smallest absolute Gasteiger partial charge is 0.0709 e. The molecule has 0 aliphatic heterocycles. The molecule has 0 atom stereocenters. The zero-order valence-electron chi connectivity index (χ0n) is 9.35. The van der Waals surface area contributed by atoms with E-state index in [-0.39, 0.29) is 0 Å². The van der Waals surface area contributed by atoms with Crippen molar-refractivity contribution in [1.29, 1.82) is 0 Å². The molecule has 1 aromatic carbocycles. The first kappa shape index (κ1) is 9.40. The van der Waals surface area contributed by atoms with Crippen molar-refractivity contribution in [2.45, 2.75) is 19.9 Å². The number of hydrogen-bond acceptors (Lipinski definition) is 1. The summed E-state index contributed by atoms with van der Waals surface area (Å²) >= 11 is 0. The molecule has 0 spiro atoms. The zero-order valence-corrected chi connectivity index (χ0v) is 9.35. The van der Waals surface area contributed by atoms with E-state index in [4.69, 9.17) is 0 Å². The first-order valence-electron chi connectivity index (χ1n) is 5.72. The molecule has 16 heavy (non-hydrogen) atoms. The number of para-hydroxylation sites is 1. The summed E-state index contributed by atoms with van der Waals surface area (Å²) in [5, 5.41) is 2.55. The van der Waals surface area contributed by atoms with Crippen LogP contribution < -0.4 is 0 Å². The Balaban J connectivity index is 2.36. The summed E-state index contributed by atoms with van der Waals surface area (Å²) in [4.78, 5) is 4.50. The molecule has 0 N–H and O–H groups in total. The highest BCUT2D eigenvalue weighted by atomic mass is 15.0. The molecule has 3 rings (SSSR count). The van der Waals surface area contributed by atoms with Gasteiger partial charge in [0.05, 0.1) is 17.2 Å². The van der Waals surface area contributed by atoms with E-state index >= 15 is 0 Å². The molecule has 0 saturated carbocycles. The van der Waals surface area contributed by atoms with Crippen molar-refractivity contribution < 1.29 is 0 Å². The Bertz CT molecular complexity index is 637. The van der Waals surface area contributed by atoms with Gasteiger partial charge in [0.15, 0.2) is 0 Å². The minimum absolute atomic E-state index is 1.06. The van der Waals surface area contributed by atoms with Crippen LogP contribution in [0.2, 0.25) is 0 Å². The second-order valence-corrected chi connectivity index (χ2v) is 4.08. The highest BCUT2D eigenvalue weighted by Crippen LogP contribution is 2.24. The van der Waals surface area contributed by atoms with Gasteiger partial charge < -0.3 is 4.57 Å². The van der Waals surface area contributed by atoms with Gasteiger partial charge in [-0.25, -0.2) is 0 Å². The van der Waals surface area contributed by atoms with Crippen molar-refractivity contribution in [3.8, 4) is 0 Å². The van der Waals surface area contributed by atoms with Crippen LogP contribution in [-0.4, -0.2) is 9.55 Å². The predicted molar refractivity (Wildman–Crippen MR) is 67.5 cm³/mol. The Morgan fingerprint density at radius 3 is 2.88 bits per heavy atom. The molecule has 3 aromatic rings. The molecule has 2 nitrogen and oxygen atoms in total. The molecule has 80 valence electrons. The van der Waals surface area contributed by atoms with Gasteiger partial charge in [-0.3, -0.25) is 4.98 Å². The number of hydrogen-bond donors (Lipinski definition) is 0. The van der Waals surface area contributed by atoms with Crippen molar-refractivity contribution in [2.24, 2.45) is 0 Å². The van der Waals surface area contributed by atoms with Gasteiger partial charge in [0.1, 0.15) is 0 Å². The van der Waals surface area contributed by atoms with Gasteiger partial charge in [0.2, 0.25) is 0 Å². The van der Waals surface area contributed by atoms with Crippen molar-refractivity contribution in [3.05, 3.63) is 42.7 Å². The topological polar surface area (TPSA) is 17.8 Å². The summed E-state index contributed by atoms with van der Waals surface area (Å²) in [6, 6.07) is 10.5. The third kappa shape index (κ3) is 1.30. The number of aromatic nitrogens is 2. The SMILES string of the molecule is CCCn1ccc2c3ccccc3ncc21. The van der Waals surface area contributed by atoms with Crippen molar-refractivity contribution in [1.82, 2.24) is 9.55 Å². The fourth-order valence-corrected chi connectivity index (χ4v) is 2.24. The molecule has 0 unspecified atom stereocenters. The van der Waals surface area contributed by atoms with Crippen LogP contribution in [0, 0.1) is 0 Å². The van der Waals surface area contributed by atoms with Gasteiger partial charge in [-0.05, 0) is 18.6 Å². The largest absolute Gasteiger partial charge is 0.346 e. The van der Waals surface area contributed by atoms with Crippen LogP contribution in [0.4, 0.5) is 0 Å². The van der Waals surface area contributed by atoms with Crippen molar-refractivity contribution in [3.63, 3.8) is 0 Å². The van der Waals surface area contributed by atoms with Crippen molar-refractivity contribution in [2.75, 3.05) is 0 Å². The molecule has 2 heteroatoms. The standard InChI is InChI=1S/C14H14N2/c1-2-8-16-9-7-12-11-5-3-4-6-13(11)15-10-14(12)16/h3-7,9-10H,2,8H2,1H3. The highest BCUT2D eigenvalue weighted by Gasteiger charge is 2.04. The number of nitrogens with zero attached hydrogens (tertiary/aromatic N) is 2. The summed E-state index contributed by atoms with van der Waals surface area (Å²) in [6.45, 7) is 3.25. The average Bonchev–Trinajstić information content (AvgIpc) is 2.73. The zero-order chi connectivity index (χ0) is 11.0. The molecular weight excluding hydrogens is 196 g/mol. The molecule has 0 aliphatic carbocycles. The van der Waals surface area contributed by atoms with Crippen LogP contribution >= 0.6 is 0 Å². The summed E-state index contributed by atoms with van der Waals surface area (Å²) in [5.74, 6) is 0. The normalized spacial score (nSPS) is 11.3. The third-order valence-corrected chi connectivity index (χ3v) is 2.99. The second kappa shape index (κ2) is 3.63. The lowest BCUT2D eigenvalue weighted by atomic mass is 10.1. The fourth-order valence-electron chi connectivity index (χ4n) is 2.24. The monoisotopic (exact) mass is 210 g/mol. The number of rotatable bonds is 2. The van der Waals surface area contributed by atoms with Crippen LogP contribution in [0.25, 0.3) is 21.8 Å². The molecule has 0 amide bonds. The molecular formula is C14H14N2. The number of fused-ring (bicyclic) bond motifs is 3. The van der Waals surface area contributed by atoms with E-state index in [0.29, 0.717) is 0 Å². The molecule has 0 saturated heterocycles. The van der Waals surface area contributed by atoms with Crippen LogP contribution in [0.1, 0.15) is 13.3 Å². The van der Waals surface area contributed by atoms with Crippen LogP contribution in [0.5, 0.6) is 0 Å². The maximum atomic E-state index is 4.50. The van der Waals surface area contributed by atoms with Crippen molar-refractivity contribution >= 4 is 21.8 Å². The summed E-state index contributed by atoms with van der Waals surface area (Å²) in [5.41, 5.74) is 2.31. The molecule has 0 bridgehead atoms. The number of benzene rings is 1. The van der Waals surface area contributed by atoms with E-state index in [1.165, 1.54) is 16.3 Å². The average molecular weight is 210 g/mol. The minimum atomic E-state index is 1.06. The lowest BCUT2D eigenvalue weighted by molar-refractivity contribution is 0.703. The first-order valence-corrected chi connectivity index (χ1v) is 5.72. The van der Waals surface area contributed by atoms with Crippen LogP contribution in [0.3, 0.4) is 0 Å². The van der Waals surface area contributed by atoms with E-state index < -0.39 is 0 Å². The van der Waals surface area contributed by atoms with Gasteiger partial charge in [-0.2, -0.15) is 0 Å². The number of pyridine rings is 1. The summed E-state index contributed by atoms with van der Waals surface area (Å²) in [6.07, 6.45) is 5.28. The Labute approximate surface area is 94.5 Å². The molecule has 0 aliphatic rings. The Morgan fingerprint density at radius 1 is 1.12 bits per heavy atom. The molecule has 2 heterocycles. The van der Waals surface area contributed by atoms with E-state index in [9.17, 15) is 0 Å². The van der Waals surface area contributed by atoms with E-state index in [1.54, 1.807) is 0 Å². The molecule has 0 radical (unpaired) electrons. The van der Waals surface area contributed by atoms with Gasteiger partial charge in [-0.1, -0.05) is 25.1 Å². The lowest BCUT2D eigenvalue weighted by Gasteiger charge is -2.03. The van der Waals surface area contributed by atoms with E-state index in [1.807, 2.05) is 12.3 Å². The minimum Gasteiger partial charge on any atom is -0.346 e. The maximum Gasteiger partial charge on any atom is 0.0709 e. The number of aryl methyl sites for hydroxylation is 1. The van der Waals surface area contributed by atoms with Gasteiger partial charge >= 0.3 is 0 Å². The van der Waals surface area contributed by atoms with Gasteiger partial charge in [0, 0.05) is 23.5 Å². The third-order valence-electron chi connectivity index (χ3n) is 2.99. The van der Waals surface area contributed by atoms with E-state index in [2.05, 4.69) is 46.9 Å². The Hall–Kier alpha value is -1.83. The molecule has 0 fully saturated rings.